The fraction of sp³-hybridized carbons (Fsp3) is 0.375. The van der Waals surface area contributed by atoms with Gasteiger partial charge in [0, 0.05) is 36.1 Å². The van der Waals surface area contributed by atoms with Crippen LogP contribution in [0.25, 0.3) is 10.9 Å². The molecule has 1 fully saturated rings. The van der Waals surface area contributed by atoms with Gasteiger partial charge >= 0.3 is 0 Å². The molecule has 0 saturated heterocycles. The Balaban J connectivity index is 1.43. The molecule has 2 atom stereocenters. The zero-order valence-electron chi connectivity index (χ0n) is 17.1. The van der Waals surface area contributed by atoms with Gasteiger partial charge in [0.1, 0.15) is 17.3 Å². The third-order valence-electron chi connectivity index (χ3n) is 5.99. The monoisotopic (exact) mass is 411 g/mol. The maximum Gasteiger partial charge on any atom is 0.270 e. The number of aromatic nitrogens is 1. The van der Waals surface area contributed by atoms with Crippen molar-refractivity contribution < 1.29 is 13.6 Å². The van der Waals surface area contributed by atoms with Crippen molar-refractivity contribution in [1.29, 1.82) is 0 Å². The minimum atomic E-state index is -0.313. The quantitative estimate of drug-likeness (QED) is 0.599. The number of benzene rings is 2. The molecule has 2 N–H and O–H groups in total. The average Bonchev–Trinajstić information content (AvgIpc) is 3.16. The van der Waals surface area contributed by atoms with E-state index in [9.17, 15) is 13.6 Å². The lowest BCUT2D eigenvalue weighted by Crippen LogP contribution is -2.46. The summed E-state index contributed by atoms with van der Waals surface area (Å²) in [4.78, 5) is 18.2. The second kappa shape index (κ2) is 8.96. The van der Waals surface area contributed by atoms with E-state index in [1.54, 1.807) is 24.3 Å². The van der Waals surface area contributed by atoms with Gasteiger partial charge < -0.3 is 15.2 Å². The molecule has 2 unspecified atom stereocenters. The van der Waals surface area contributed by atoms with Crippen LogP contribution in [0.2, 0.25) is 0 Å². The molecule has 1 aliphatic carbocycles. The fourth-order valence-electron chi connectivity index (χ4n) is 4.48. The van der Waals surface area contributed by atoms with Gasteiger partial charge in [-0.05, 0) is 74.6 Å². The largest absolute Gasteiger partial charge is 0.351 e. The summed E-state index contributed by atoms with van der Waals surface area (Å²) in [6.45, 7) is 3.22. The SMILES string of the molecule is CCN(C(=O)c1cc2cc(F)ccc2[nH]1)C1CCCC(NCc2cccc(F)c2)C1. The molecule has 0 radical (unpaired) electrons. The summed E-state index contributed by atoms with van der Waals surface area (Å²) >= 11 is 0. The number of carbonyl (C=O) groups excluding carboxylic acids is 1. The van der Waals surface area contributed by atoms with Crippen LogP contribution in [0.1, 0.15) is 48.7 Å². The van der Waals surface area contributed by atoms with Gasteiger partial charge in [0.15, 0.2) is 0 Å². The van der Waals surface area contributed by atoms with Gasteiger partial charge in [0.2, 0.25) is 0 Å². The van der Waals surface area contributed by atoms with Gasteiger partial charge in [-0.1, -0.05) is 12.1 Å². The van der Waals surface area contributed by atoms with E-state index < -0.39 is 0 Å². The van der Waals surface area contributed by atoms with Crippen molar-refractivity contribution in [2.24, 2.45) is 0 Å². The smallest absolute Gasteiger partial charge is 0.270 e. The topological polar surface area (TPSA) is 48.1 Å². The van der Waals surface area contributed by atoms with Gasteiger partial charge in [0.25, 0.3) is 5.91 Å². The number of aromatic amines is 1. The number of rotatable bonds is 6. The van der Waals surface area contributed by atoms with E-state index in [0.29, 0.717) is 24.2 Å². The summed E-state index contributed by atoms with van der Waals surface area (Å²) in [5, 5.41) is 4.23. The highest BCUT2D eigenvalue weighted by Gasteiger charge is 2.29. The fourth-order valence-corrected chi connectivity index (χ4v) is 4.48. The van der Waals surface area contributed by atoms with Crippen LogP contribution in [0.4, 0.5) is 8.78 Å². The van der Waals surface area contributed by atoms with Gasteiger partial charge in [-0.25, -0.2) is 8.78 Å². The highest BCUT2D eigenvalue weighted by atomic mass is 19.1. The maximum atomic E-state index is 13.5. The van der Waals surface area contributed by atoms with E-state index in [-0.39, 0.29) is 29.6 Å². The predicted molar refractivity (Wildman–Crippen MR) is 114 cm³/mol. The van der Waals surface area contributed by atoms with E-state index in [0.717, 1.165) is 36.8 Å². The van der Waals surface area contributed by atoms with Crippen LogP contribution in [0.15, 0.2) is 48.5 Å². The third kappa shape index (κ3) is 4.54. The zero-order valence-corrected chi connectivity index (χ0v) is 17.1. The summed E-state index contributed by atoms with van der Waals surface area (Å²) < 4.78 is 26.9. The van der Waals surface area contributed by atoms with Crippen molar-refractivity contribution in [1.82, 2.24) is 15.2 Å². The first-order valence-electron chi connectivity index (χ1n) is 10.6. The molecule has 0 spiro atoms. The summed E-state index contributed by atoms with van der Waals surface area (Å²) in [5.41, 5.74) is 2.17. The van der Waals surface area contributed by atoms with Crippen molar-refractivity contribution in [3.63, 3.8) is 0 Å². The number of fused-ring (bicyclic) bond motifs is 1. The minimum Gasteiger partial charge on any atom is -0.351 e. The Hall–Kier alpha value is -2.73. The first-order valence-corrected chi connectivity index (χ1v) is 10.6. The van der Waals surface area contributed by atoms with Crippen molar-refractivity contribution in [3.8, 4) is 0 Å². The first kappa shape index (κ1) is 20.5. The van der Waals surface area contributed by atoms with Gasteiger partial charge in [-0.3, -0.25) is 4.79 Å². The van der Waals surface area contributed by atoms with E-state index in [4.69, 9.17) is 0 Å². The second-order valence-corrected chi connectivity index (χ2v) is 8.03. The molecule has 1 aliphatic rings. The van der Waals surface area contributed by atoms with Crippen molar-refractivity contribution >= 4 is 16.8 Å². The number of H-pyrrole nitrogens is 1. The van der Waals surface area contributed by atoms with E-state index in [1.165, 1.54) is 18.2 Å². The lowest BCUT2D eigenvalue weighted by molar-refractivity contribution is 0.0623. The Morgan fingerprint density at radius 3 is 2.77 bits per heavy atom. The first-order chi connectivity index (χ1) is 14.5. The van der Waals surface area contributed by atoms with Crippen LogP contribution in [0.3, 0.4) is 0 Å². The highest BCUT2D eigenvalue weighted by Crippen LogP contribution is 2.26. The molecule has 30 heavy (non-hydrogen) atoms. The summed E-state index contributed by atoms with van der Waals surface area (Å²) in [6.07, 6.45) is 3.91. The number of amides is 1. The second-order valence-electron chi connectivity index (χ2n) is 8.03. The molecular weight excluding hydrogens is 384 g/mol. The number of nitrogens with one attached hydrogen (secondary N) is 2. The third-order valence-corrected chi connectivity index (χ3v) is 5.99. The van der Waals surface area contributed by atoms with Crippen molar-refractivity contribution in [2.45, 2.75) is 51.2 Å². The molecule has 4 rings (SSSR count). The average molecular weight is 411 g/mol. The van der Waals surface area contributed by atoms with Crippen molar-refractivity contribution in [2.75, 3.05) is 6.54 Å². The van der Waals surface area contributed by atoms with E-state index in [1.807, 2.05) is 17.9 Å². The predicted octanol–water partition coefficient (Wildman–Crippen LogP) is 5.01. The molecule has 0 bridgehead atoms. The molecule has 1 aromatic heterocycles. The molecule has 2 aromatic carbocycles. The van der Waals surface area contributed by atoms with Gasteiger partial charge in [-0.15, -0.1) is 0 Å². The van der Waals surface area contributed by atoms with Crippen molar-refractivity contribution in [3.05, 3.63) is 71.4 Å². The Morgan fingerprint density at radius 1 is 1.13 bits per heavy atom. The molecule has 1 amide bonds. The molecule has 4 nitrogen and oxygen atoms in total. The Kier molecular flexibility index (Phi) is 6.13. The number of nitrogens with zero attached hydrogens (tertiary/aromatic N) is 1. The zero-order chi connectivity index (χ0) is 21.1. The maximum absolute atomic E-state index is 13.5. The molecule has 3 aromatic rings. The van der Waals surface area contributed by atoms with Crippen LogP contribution in [0, 0.1) is 11.6 Å². The van der Waals surface area contributed by atoms with Crippen LogP contribution in [0.5, 0.6) is 0 Å². The lowest BCUT2D eigenvalue weighted by Gasteiger charge is -2.37. The van der Waals surface area contributed by atoms with Crippen LogP contribution < -0.4 is 5.32 Å². The molecule has 158 valence electrons. The lowest BCUT2D eigenvalue weighted by atomic mass is 9.89. The molecule has 1 saturated carbocycles. The summed E-state index contributed by atoms with van der Waals surface area (Å²) in [7, 11) is 0. The Labute approximate surface area is 175 Å². The van der Waals surface area contributed by atoms with Gasteiger partial charge in [-0.2, -0.15) is 0 Å². The number of carbonyl (C=O) groups is 1. The number of hydrogen-bond acceptors (Lipinski definition) is 2. The van der Waals surface area contributed by atoms with E-state index in [2.05, 4.69) is 10.3 Å². The van der Waals surface area contributed by atoms with Crippen LogP contribution >= 0.6 is 0 Å². The molecule has 0 aliphatic heterocycles. The highest BCUT2D eigenvalue weighted by molar-refractivity contribution is 5.98. The normalized spacial score (nSPS) is 19.2. The van der Waals surface area contributed by atoms with E-state index >= 15 is 0 Å². The van der Waals surface area contributed by atoms with Crippen LogP contribution in [-0.4, -0.2) is 34.4 Å². The number of halogens is 2. The molecular formula is C24H27F2N3O. The Bertz CT molecular complexity index is 1030. The summed E-state index contributed by atoms with van der Waals surface area (Å²) in [6, 6.07) is 13.3. The number of hydrogen-bond donors (Lipinski definition) is 2. The molecule has 1 heterocycles. The summed E-state index contributed by atoms with van der Waals surface area (Å²) in [5.74, 6) is -0.589. The standard InChI is InChI=1S/C24H27F2N3O/c1-2-29(24(30)23-13-17-12-19(26)9-10-22(17)28-23)21-8-4-7-20(14-21)27-15-16-5-3-6-18(25)11-16/h3,5-6,9-13,20-21,27-28H,2,4,7-8,14-15H2,1H3. The van der Waals surface area contributed by atoms with Gasteiger partial charge in [0.05, 0.1) is 0 Å². The Morgan fingerprint density at radius 2 is 1.97 bits per heavy atom. The van der Waals surface area contributed by atoms with Crippen LogP contribution in [-0.2, 0) is 6.54 Å². The molecule has 6 heteroatoms. The minimum absolute atomic E-state index is 0.0510.